The van der Waals surface area contributed by atoms with Crippen molar-refractivity contribution >= 4 is 23.4 Å². The van der Waals surface area contributed by atoms with Crippen LogP contribution in [0.2, 0.25) is 0 Å². The Morgan fingerprint density at radius 3 is 2.24 bits per heavy atom. The van der Waals surface area contributed by atoms with E-state index in [-0.39, 0.29) is 36.9 Å². The van der Waals surface area contributed by atoms with Crippen LogP contribution in [0, 0.1) is 10.8 Å². The minimum atomic E-state index is -0.645. The van der Waals surface area contributed by atoms with E-state index in [0.717, 1.165) is 12.5 Å². The Kier molecular flexibility index (Phi) is 11.4. The Bertz CT molecular complexity index is 635. The van der Waals surface area contributed by atoms with E-state index in [9.17, 15) is 19.2 Å². The van der Waals surface area contributed by atoms with Crippen LogP contribution in [0.25, 0.3) is 0 Å². The minimum absolute atomic E-state index is 0.00827. The van der Waals surface area contributed by atoms with Gasteiger partial charge in [0.15, 0.2) is 5.78 Å². The lowest BCUT2D eigenvalue weighted by Gasteiger charge is -2.28. The Morgan fingerprint density at radius 2 is 1.72 bits per heavy atom. The van der Waals surface area contributed by atoms with E-state index in [0.29, 0.717) is 31.4 Å². The second-order valence-electron chi connectivity index (χ2n) is 8.64. The Hall–Kier alpha value is -2.24. The molecule has 0 rings (SSSR count). The molecule has 0 aromatic heterocycles. The van der Waals surface area contributed by atoms with E-state index in [1.807, 2.05) is 27.7 Å². The molecule has 0 aliphatic rings. The van der Waals surface area contributed by atoms with Gasteiger partial charge in [-0.1, -0.05) is 40.9 Å². The van der Waals surface area contributed by atoms with Gasteiger partial charge in [0, 0.05) is 42.7 Å². The first-order valence-electron chi connectivity index (χ1n) is 10.1. The summed E-state index contributed by atoms with van der Waals surface area (Å²) in [6.07, 6.45) is 3.51. The molecular weight excluding hydrogens is 370 g/mol. The molecule has 0 spiro atoms. The standard InChI is InChI=1S/C23H37NO5/c1-8-20(27)29-16-23(7,13-12-19(26)17(3)4)15-18(25)11-10-14-24-21(28)22(5,6)9-2/h8H,1,3,9-16H2,2,4-7H3,(H,24,28). The average Bonchev–Trinajstić information content (AvgIpc) is 2.67. The first kappa shape index (κ1) is 26.8. The molecule has 0 fully saturated rings. The summed E-state index contributed by atoms with van der Waals surface area (Å²) in [7, 11) is 0. The summed E-state index contributed by atoms with van der Waals surface area (Å²) < 4.78 is 5.16. The number of carbonyl (C=O) groups excluding carboxylic acids is 4. The lowest BCUT2D eigenvalue weighted by molar-refractivity contribution is -0.142. The topological polar surface area (TPSA) is 89.5 Å². The molecule has 1 atom stereocenters. The van der Waals surface area contributed by atoms with E-state index in [1.54, 1.807) is 6.92 Å². The number of ether oxygens (including phenoxy) is 1. The largest absolute Gasteiger partial charge is 0.462 e. The van der Waals surface area contributed by atoms with Gasteiger partial charge >= 0.3 is 5.97 Å². The molecule has 0 aliphatic heterocycles. The molecule has 6 heteroatoms. The van der Waals surface area contributed by atoms with E-state index in [4.69, 9.17) is 4.74 Å². The molecule has 6 nitrogen and oxygen atoms in total. The second kappa shape index (κ2) is 12.3. The molecular formula is C23H37NO5. The van der Waals surface area contributed by atoms with Crippen LogP contribution < -0.4 is 5.32 Å². The number of allylic oxidation sites excluding steroid dienone is 1. The molecule has 0 bridgehead atoms. The van der Waals surface area contributed by atoms with Gasteiger partial charge in [-0.15, -0.1) is 0 Å². The number of nitrogens with one attached hydrogen (secondary N) is 1. The molecule has 1 N–H and O–H groups in total. The molecule has 0 saturated carbocycles. The van der Waals surface area contributed by atoms with Gasteiger partial charge in [-0.25, -0.2) is 4.79 Å². The van der Waals surface area contributed by atoms with Crippen molar-refractivity contribution in [3.8, 4) is 0 Å². The SMILES string of the molecule is C=CC(=O)OCC(C)(CCC(=O)C(=C)C)CC(=O)CCCNC(=O)C(C)(C)CC. The summed E-state index contributed by atoms with van der Waals surface area (Å²) in [6, 6.07) is 0. The normalized spacial score (nSPS) is 13.1. The van der Waals surface area contributed by atoms with Crippen LogP contribution in [0.5, 0.6) is 0 Å². The van der Waals surface area contributed by atoms with Gasteiger partial charge in [-0.3, -0.25) is 14.4 Å². The van der Waals surface area contributed by atoms with Crippen molar-refractivity contribution in [1.82, 2.24) is 5.32 Å². The summed E-state index contributed by atoms with van der Waals surface area (Å²) in [5.74, 6) is -0.642. The third-order valence-corrected chi connectivity index (χ3v) is 5.20. The monoisotopic (exact) mass is 407 g/mol. The van der Waals surface area contributed by atoms with Crippen molar-refractivity contribution in [2.75, 3.05) is 13.2 Å². The molecule has 0 heterocycles. The van der Waals surface area contributed by atoms with E-state index in [2.05, 4.69) is 18.5 Å². The number of carbonyl (C=O) groups is 4. The summed E-state index contributed by atoms with van der Waals surface area (Å²) in [4.78, 5) is 47.9. The summed E-state index contributed by atoms with van der Waals surface area (Å²) in [5.41, 5.74) is -0.602. The van der Waals surface area contributed by atoms with Gasteiger partial charge in [0.05, 0.1) is 6.61 Å². The number of hydrogen-bond acceptors (Lipinski definition) is 5. The third kappa shape index (κ3) is 10.8. The van der Waals surface area contributed by atoms with Crippen molar-refractivity contribution in [3.63, 3.8) is 0 Å². The average molecular weight is 408 g/mol. The van der Waals surface area contributed by atoms with Crippen LogP contribution in [0.1, 0.15) is 73.1 Å². The fraction of sp³-hybridized carbons (Fsp3) is 0.652. The maximum absolute atomic E-state index is 12.5. The molecule has 29 heavy (non-hydrogen) atoms. The minimum Gasteiger partial charge on any atom is -0.462 e. The third-order valence-electron chi connectivity index (χ3n) is 5.20. The highest BCUT2D eigenvalue weighted by molar-refractivity contribution is 5.94. The fourth-order valence-electron chi connectivity index (χ4n) is 2.60. The van der Waals surface area contributed by atoms with Crippen molar-refractivity contribution in [3.05, 3.63) is 24.8 Å². The van der Waals surface area contributed by atoms with Crippen molar-refractivity contribution in [2.24, 2.45) is 10.8 Å². The van der Waals surface area contributed by atoms with Crippen LogP contribution in [-0.2, 0) is 23.9 Å². The molecule has 0 aromatic carbocycles. The van der Waals surface area contributed by atoms with Gasteiger partial charge in [-0.05, 0) is 31.8 Å². The molecule has 1 unspecified atom stereocenters. The number of ketones is 2. The quantitative estimate of drug-likeness (QED) is 0.252. The number of Topliss-reactive ketones (excluding diaryl/α,β-unsaturated/α-hetero) is 2. The first-order chi connectivity index (χ1) is 13.4. The highest BCUT2D eigenvalue weighted by Gasteiger charge is 2.30. The van der Waals surface area contributed by atoms with Crippen molar-refractivity contribution in [2.45, 2.75) is 73.1 Å². The predicted molar refractivity (Wildman–Crippen MR) is 114 cm³/mol. The zero-order valence-electron chi connectivity index (χ0n) is 18.7. The maximum Gasteiger partial charge on any atom is 0.330 e. The van der Waals surface area contributed by atoms with Crippen LogP contribution in [0.4, 0.5) is 0 Å². The molecule has 164 valence electrons. The Labute approximate surface area is 175 Å². The molecule has 0 aliphatic carbocycles. The zero-order chi connectivity index (χ0) is 22.7. The number of rotatable bonds is 15. The lowest BCUT2D eigenvalue weighted by atomic mass is 9.79. The van der Waals surface area contributed by atoms with Gasteiger partial charge in [0.1, 0.15) is 5.78 Å². The van der Waals surface area contributed by atoms with Crippen molar-refractivity contribution in [1.29, 1.82) is 0 Å². The predicted octanol–water partition coefficient (Wildman–Crippen LogP) is 3.94. The molecule has 0 radical (unpaired) electrons. The molecule has 0 saturated heterocycles. The van der Waals surface area contributed by atoms with Crippen LogP contribution in [0.3, 0.4) is 0 Å². The fourth-order valence-corrected chi connectivity index (χ4v) is 2.60. The lowest BCUT2D eigenvalue weighted by Crippen LogP contribution is -2.37. The summed E-state index contributed by atoms with van der Waals surface area (Å²) >= 11 is 0. The van der Waals surface area contributed by atoms with Gasteiger partial charge in [-0.2, -0.15) is 0 Å². The van der Waals surface area contributed by atoms with Gasteiger partial charge < -0.3 is 10.1 Å². The Morgan fingerprint density at radius 1 is 1.10 bits per heavy atom. The second-order valence-corrected chi connectivity index (χ2v) is 8.64. The number of esters is 1. The first-order valence-corrected chi connectivity index (χ1v) is 10.1. The highest BCUT2D eigenvalue weighted by atomic mass is 16.5. The van der Waals surface area contributed by atoms with E-state index >= 15 is 0 Å². The molecule has 1 amide bonds. The zero-order valence-corrected chi connectivity index (χ0v) is 18.7. The number of hydrogen-bond donors (Lipinski definition) is 1. The van der Waals surface area contributed by atoms with E-state index < -0.39 is 16.8 Å². The van der Waals surface area contributed by atoms with Gasteiger partial charge in [0.2, 0.25) is 5.91 Å². The highest BCUT2D eigenvalue weighted by Crippen LogP contribution is 2.30. The summed E-state index contributed by atoms with van der Waals surface area (Å²) in [5, 5.41) is 2.87. The van der Waals surface area contributed by atoms with Crippen LogP contribution >= 0.6 is 0 Å². The van der Waals surface area contributed by atoms with Crippen LogP contribution in [-0.4, -0.2) is 36.6 Å². The van der Waals surface area contributed by atoms with Crippen molar-refractivity contribution < 1.29 is 23.9 Å². The maximum atomic E-state index is 12.5. The summed E-state index contributed by atoms with van der Waals surface area (Å²) in [6.45, 7) is 16.7. The molecule has 0 aromatic rings. The van der Waals surface area contributed by atoms with Crippen LogP contribution in [0.15, 0.2) is 24.8 Å². The van der Waals surface area contributed by atoms with Gasteiger partial charge in [0.25, 0.3) is 0 Å². The number of amides is 1. The Balaban J connectivity index is 4.70. The smallest absolute Gasteiger partial charge is 0.330 e. The van der Waals surface area contributed by atoms with E-state index in [1.165, 1.54) is 0 Å².